The second kappa shape index (κ2) is 16.8. The molecular formula is C42H32F6N2O6S5. The molecule has 19 heteroatoms. The number of thiophene rings is 3. The van der Waals surface area contributed by atoms with Crippen LogP contribution in [-0.4, -0.2) is 37.0 Å². The van der Waals surface area contributed by atoms with Crippen molar-refractivity contribution in [2.24, 2.45) is 0 Å². The molecule has 0 spiro atoms. The molecule has 0 amide bonds. The quantitative estimate of drug-likeness (QED) is 0.0750. The molecule has 2 aromatic carbocycles. The van der Waals surface area contributed by atoms with Gasteiger partial charge in [0.05, 0.1) is 16.5 Å². The van der Waals surface area contributed by atoms with Crippen molar-refractivity contribution in [2.45, 2.75) is 50.8 Å². The van der Waals surface area contributed by atoms with Gasteiger partial charge in [-0.15, -0.1) is 34.0 Å². The zero-order chi connectivity index (χ0) is 44.1. The van der Waals surface area contributed by atoms with Crippen LogP contribution in [0.1, 0.15) is 32.8 Å². The minimum atomic E-state index is -6.09. The SMILES string of the molecule is Cc1c(C)c2c(c3c1CC[n+]1ccc4ccccc4c1-3)-c1cccc(/C=C/c3ccc(-c4ccc(-c5cccs5)s4)s3)[n+]1CC2.O=S(=O)([O-])C(F)(F)F.O=S(=O)([O-])C(F)(F)F. The van der Waals surface area contributed by atoms with Gasteiger partial charge in [0.2, 0.25) is 17.1 Å². The Labute approximate surface area is 358 Å². The van der Waals surface area contributed by atoms with Crippen LogP contribution in [0.5, 0.6) is 0 Å². The third-order valence-corrected chi connectivity index (χ3v) is 14.8. The van der Waals surface area contributed by atoms with Crippen molar-refractivity contribution in [3.8, 4) is 42.0 Å². The third kappa shape index (κ3) is 9.09. The molecule has 8 nitrogen and oxygen atoms in total. The molecule has 0 N–H and O–H groups in total. The van der Waals surface area contributed by atoms with Crippen molar-refractivity contribution in [1.29, 1.82) is 0 Å². The van der Waals surface area contributed by atoms with Gasteiger partial charge in [0.15, 0.2) is 39.5 Å². The highest BCUT2D eigenvalue weighted by atomic mass is 32.2. The molecule has 0 aliphatic carbocycles. The second-order valence-corrected chi connectivity index (χ2v) is 19.8. The normalized spacial score (nSPS) is 13.7. The van der Waals surface area contributed by atoms with Crippen molar-refractivity contribution in [2.75, 3.05) is 0 Å². The molecule has 7 aromatic rings. The highest BCUT2D eigenvalue weighted by Crippen LogP contribution is 2.45. The maximum atomic E-state index is 10.7. The van der Waals surface area contributed by atoms with E-state index in [1.54, 1.807) is 0 Å². The van der Waals surface area contributed by atoms with Crippen LogP contribution in [0.2, 0.25) is 0 Å². The van der Waals surface area contributed by atoms with Crippen molar-refractivity contribution in [1.82, 2.24) is 0 Å². The number of aromatic nitrogens is 2. The van der Waals surface area contributed by atoms with Gasteiger partial charge in [-0.3, -0.25) is 0 Å². The molecule has 0 fully saturated rings. The first-order valence-corrected chi connectivity index (χ1v) is 23.5. The number of aryl methyl sites for hydroxylation is 1. The van der Waals surface area contributed by atoms with E-state index in [-0.39, 0.29) is 0 Å². The minimum absolute atomic E-state index is 0.994. The van der Waals surface area contributed by atoms with Crippen LogP contribution in [0.3, 0.4) is 0 Å². The fourth-order valence-corrected chi connectivity index (χ4v) is 10.3. The molecule has 2 aliphatic rings. The molecule has 7 heterocycles. The first-order chi connectivity index (χ1) is 28.6. The van der Waals surface area contributed by atoms with E-state index < -0.39 is 31.3 Å². The Morgan fingerprint density at radius 3 is 1.87 bits per heavy atom. The molecular weight excluding hydrogens is 903 g/mol. The number of alkyl halides is 6. The van der Waals surface area contributed by atoms with Gasteiger partial charge >= 0.3 is 11.0 Å². The van der Waals surface area contributed by atoms with Gasteiger partial charge in [-0.25, -0.2) is 16.8 Å². The number of pyridine rings is 2. The lowest BCUT2D eigenvalue weighted by molar-refractivity contribution is -0.690. The Morgan fingerprint density at radius 1 is 0.639 bits per heavy atom. The minimum Gasteiger partial charge on any atom is -0.741 e. The number of fused-ring (bicyclic) bond motifs is 9. The number of hydrogen-bond acceptors (Lipinski definition) is 9. The summed E-state index contributed by atoms with van der Waals surface area (Å²) in [7, 11) is -12.2. The van der Waals surface area contributed by atoms with Gasteiger partial charge < -0.3 is 9.11 Å². The van der Waals surface area contributed by atoms with Crippen LogP contribution in [0.15, 0.2) is 96.5 Å². The number of nitrogens with zero attached hydrogens (tertiary/aromatic N) is 2. The van der Waals surface area contributed by atoms with Crippen molar-refractivity contribution in [3.63, 3.8) is 0 Å². The van der Waals surface area contributed by atoms with E-state index in [4.69, 9.17) is 25.9 Å². The number of rotatable bonds is 4. The lowest BCUT2D eigenvalue weighted by atomic mass is 9.79. The first kappa shape index (κ1) is 44.3. The molecule has 0 radical (unpaired) electrons. The van der Waals surface area contributed by atoms with Crippen LogP contribution in [0.4, 0.5) is 26.3 Å². The Morgan fingerprint density at radius 2 is 1.23 bits per heavy atom. The first-order valence-electron chi connectivity index (χ1n) is 18.2. The van der Waals surface area contributed by atoms with Gasteiger partial charge in [-0.1, -0.05) is 24.3 Å². The number of halogens is 6. The largest absolute Gasteiger partial charge is 0.741 e. The zero-order valence-electron chi connectivity index (χ0n) is 31.9. The summed E-state index contributed by atoms with van der Waals surface area (Å²) in [4.78, 5) is 6.65. The van der Waals surface area contributed by atoms with E-state index in [9.17, 15) is 26.3 Å². The smallest absolute Gasteiger partial charge is 0.485 e. The molecule has 61 heavy (non-hydrogen) atoms. The van der Waals surface area contributed by atoms with Gasteiger partial charge in [-0.05, 0) is 95.4 Å². The van der Waals surface area contributed by atoms with Crippen molar-refractivity contribution < 1.29 is 61.4 Å². The summed E-state index contributed by atoms with van der Waals surface area (Å²) in [6.45, 7) is 6.73. The van der Waals surface area contributed by atoms with Crippen LogP contribution in [-0.2, 0) is 46.2 Å². The molecule has 0 saturated heterocycles. The van der Waals surface area contributed by atoms with E-state index in [0.717, 1.165) is 25.9 Å². The maximum absolute atomic E-state index is 10.7. The topological polar surface area (TPSA) is 122 Å². The molecule has 318 valence electrons. The van der Waals surface area contributed by atoms with E-state index in [2.05, 4.69) is 132 Å². The summed E-state index contributed by atoms with van der Waals surface area (Å²) in [5.41, 5.74) is 1.59. The molecule has 5 aromatic heterocycles. The Balaban J connectivity index is 0.000000300. The van der Waals surface area contributed by atoms with Gasteiger partial charge in [-0.2, -0.15) is 35.5 Å². The lowest BCUT2D eigenvalue weighted by Gasteiger charge is -2.27. The summed E-state index contributed by atoms with van der Waals surface area (Å²) in [6.07, 6.45) is 9.05. The Bertz CT molecular complexity index is 3000. The lowest BCUT2D eigenvalue weighted by Crippen LogP contribution is -2.45. The Kier molecular flexibility index (Phi) is 12.2. The van der Waals surface area contributed by atoms with E-state index in [0.29, 0.717) is 0 Å². The summed E-state index contributed by atoms with van der Waals surface area (Å²) >= 11 is 5.56. The third-order valence-electron chi connectivity index (χ3n) is 10.3. The van der Waals surface area contributed by atoms with E-state index in [1.165, 1.54) is 85.6 Å². The fourth-order valence-electron chi connectivity index (χ4n) is 7.41. The van der Waals surface area contributed by atoms with Crippen LogP contribution < -0.4 is 9.13 Å². The Hall–Kier alpha value is -4.76. The summed E-state index contributed by atoms with van der Waals surface area (Å²) in [5.74, 6) is 0. The second-order valence-electron chi connectivity index (χ2n) is 13.9. The van der Waals surface area contributed by atoms with E-state index in [1.807, 2.05) is 34.0 Å². The predicted molar refractivity (Wildman–Crippen MR) is 223 cm³/mol. The van der Waals surface area contributed by atoms with Crippen molar-refractivity contribution in [3.05, 3.63) is 129 Å². The van der Waals surface area contributed by atoms with Gasteiger partial charge in [0.1, 0.15) is 0 Å². The molecule has 0 bridgehead atoms. The zero-order valence-corrected chi connectivity index (χ0v) is 36.0. The predicted octanol–water partition coefficient (Wildman–Crippen LogP) is 10.3. The average Bonchev–Trinajstić information content (AvgIpc) is 4.00. The van der Waals surface area contributed by atoms with E-state index >= 15 is 0 Å². The molecule has 2 aliphatic heterocycles. The summed E-state index contributed by atoms with van der Waals surface area (Å²) in [6, 6.07) is 31.4. The maximum Gasteiger partial charge on any atom is 0.485 e. The van der Waals surface area contributed by atoms with Crippen molar-refractivity contribution >= 4 is 77.2 Å². The number of benzene rings is 2. The molecule has 0 atom stereocenters. The molecule has 0 unspecified atom stereocenters. The van der Waals surface area contributed by atoms with Crippen LogP contribution in [0, 0.1) is 13.8 Å². The summed E-state index contributed by atoms with van der Waals surface area (Å²) < 4.78 is 123. The van der Waals surface area contributed by atoms with Crippen LogP contribution in [0.25, 0.3) is 64.9 Å². The monoisotopic (exact) mass is 934 g/mol. The van der Waals surface area contributed by atoms with Crippen LogP contribution >= 0.6 is 34.0 Å². The highest BCUT2D eigenvalue weighted by molar-refractivity contribution is 7.86. The summed E-state index contributed by atoms with van der Waals surface area (Å²) in [5, 5.41) is 4.81. The molecule has 9 rings (SSSR count). The number of hydrogen-bond donors (Lipinski definition) is 0. The fraction of sp³-hybridized carbons (Fsp3) is 0.190. The van der Waals surface area contributed by atoms with Gasteiger partial charge in [0.25, 0.3) is 0 Å². The standard InChI is InChI=1S/C40H32N2S3.2CHF3O3S/c1-25-26(2)31-19-22-41-21-18-27-7-3-4-9-32(27)40(41)39(31)38-30(25)20-23-42-28(8-5-10-33(38)42)12-13-29-14-15-36(44-29)37-17-16-35(45-37)34-11-6-24-43-34;2*2-1(3,4)8(5,6)7/h3-18,21,24H,19-20,22-23H2,1-2H3;2*(H,5,6,7)/q+2;;/p-2/b13-12+;;. The average molecular weight is 935 g/mol. The highest BCUT2D eigenvalue weighted by Gasteiger charge is 2.39. The van der Waals surface area contributed by atoms with Gasteiger partial charge in [0, 0.05) is 61.5 Å². The molecule has 0 saturated carbocycles.